The quantitative estimate of drug-likeness (QED) is 0.771. The van der Waals surface area contributed by atoms with Crippen LogP contribution in [0, 0.1) is 0 Å². The SMILES string of the molecule is COc1ccccc1C(=O)C(CC(=O)O)N(C)C. The Morgan fingerprint density at radius 1 is 1.33 bits per heavy atom. The molecular formula is C13H17NO4. The van der Waals surface area contributed by atoms with Crippen molar-refractivity contribution in [1.82, 2.24) is 4.90 Å². The van der Waals surface area contributed by atoms with Gasteiger partial charge in [-0.2, -0.15) is 0 Å². The summed E-state index contributed by atoms with van der Waals surface area (Å²) in [6.45, 7) is 0. The van der Waals surface area contributed by atoms with Crippen LogP contribution in [0.25, 0.3) is 0 Å². The molecular weight excluding hydrogens is 234 g/mol. The fourth-order valence-corrected chi connectivity index (χ4v) is 1.70. The van der Waals surface area contributed by atoms with Crippen molar-refractivity contribution < 1.29 is 19.4 Å². The highest BCUT2D eigenvalue weighted by Gasteiger charge is 2.26. The Bertz CT molecular complexity index is 442. The van der Waals surface area contributed by atoms with Crippen LogP contribution in [0.5, 0.6) is 5.75 Å². The van der Waals surface area contributed by atoms with Crippen LogP contribution in [0.4, 0.5) is 0 Å². The highest BCUT2D eigenvalue weighted by molar-refractivity contribution is 6.03. The Morgan fingerprint density at radius 2 is 1.94 bits per heavy atom. The maximum atomic E-state index is 12.3. The normalized spacial score (nSPS) is 12.2. The molecule has 0 heterocycles. The number of carboxylic acids is 1. The summed E-state index contributed by atoms with van der Waals surface area (Å²) in [4.78, 5) is 24.7. The van der Waals surface area contributed by atoms with Crippen molar-refractivity contribution in [3.05, 3.63) is 29.8 Å². The topological polar surface area (TPSA) is 66.8 Å². The lowest BCUT2D eigenvalue weighted by Crippen LogP contribution is -2.37. The van der Waals surface area contributed by atoms with Gasteiger partial charge < -0.3 is 9.84 Å². The van der Waals surface area contributed by atoms with Crippen LogP contribution in [0.1, 0.15) is 16.8 Å². The van der Waals surface area contributed by atoms with Gasteiger partial charge in [-0.1, -0.05) is 12.1 Å². The van der Waals surface area contributed by atoms with E-state index in [1.54, 1.807) is 43.3 Å². The van der Waals surface area contributed by atoms with Crippen LogP contribution in [0.15, 0.2) is 24.3 Å². The fraction of sp³-hybridized carbons (Fsp3) is 0.385. The van der Waals surface area contributed by atoms with Gasteiger partial charge in [0, 0.05) is 0 Å². The van der Waals surface area contributed by atoms with Crippen molar-refractivity contribution in [3.8, 4) is 5.75 Å². The highest BCUT2D eigenvalue weighted by atomic mass is 16.5. The number of ether oxygens (including phenoxy) is 1. The van der Waals surface area contributed by atoms with E-state index in [-0.39, 0.29) is 12.2 Å². The fourth-order valence-electron chi connectivity index (χ4n) is 1.70. The Kier molecular flexibility index (Phi) is 4.85. The average Bonchev–Trinajstić information content (AvgIpc) is 2.34. The summed E-state index contributed by atoms with van der Waals surface area (Å²) < 4.78 is 5.11. The first-order chi connectivity index (χ1) is 8.47. The largest absolute Gasteiger partial charge is 0.496 e. The second kappa shape index (κ2) is 6.16. The predicted molar refractivity (Wildman–Crippen MR) is 67.1 cm³/mol. The molecule has 1 aromatic rings. The van der Waals surface area contributed by atoms with Crippen molar-refractivity contribution >= 4 is 11.8 Å². The molecule has 1 N–H and O–H groups in total. The van der Waals surface area contributed by atoms with Crippen molar-refractivity contribution in [3.63, 3.8) is 0 Å². The van der Waals surface area contributed by atoms with Gasteiger partial charge in [-0.3, -0.25) is 14.5 Å². The number of rotatable bonds is 6. The van der Waals surface area contributed by atoms with Crippen LogP contribution in [-0.4, -0.2) is 49.0 Å². The standard InChI is InChI=1S/C13H17NO4/c1-14(2)10(8-12(15)16)13(17)9-6-4-5-7-11(9)18-3/h4-7,10H,8H2,1-3H3,(H,15,16). The monoisotopic (exact) mass is 251 g/mol. The van der Waals surface area contributed by atoms with Crippen LogP contribution >= 0.6 is 0 Å². The molecule has 0 radical (unpaired) electrons. The number of carbonyl (C=O) groups is 2. The molecule has 1 atom stereocenters. The molecule has 0 fully saturated rings. The molecule has 5 heteroatoms. The van der Waals surface area contributed by atoms with Gasteiger partial charge in [-0.25, -0.2) is 0 Å². The first-order valence-corrected chi connectivity index (χ1v) is 5.52. The molecule has 18 heavy (non-hydrogen) atoms. The summed E-state index contributed by atoms with van der Waals surface area (Å²) in [7, 11) is 4.84. The molecule has 5 nitrogen and oxygen atoms in total. The van der Waals surface area contributed by atoms with E-state index in [0.29, 0.717) is 11.3 Å². The first-order valence-electron chi connectivity index (χ1n) is 5.52. The van der Waals surface area contributed by atoms with Gasteiger partial charge in [0.15, 0.2) is 5.78 Å². The lowest BCUT2D eigenvalue weighted by Gasteiger charge is -2.22. The molecule has 0 aliphatic heterocycles. The molecule has 0 saturated carbocycles. The molecule has 0 saturated heterocycles. The third-order valence-corrected chi connectivity index (χ3v) is 2.67. The Balaban J connectivity index is 3.05. The number of Topliss-reactive ketones (excluding diaryl/α,β-unsaturated/α-hetero) is 1. The number of hydrogen-bond acceptors (Lipinski definition) is 4. The molecule has 0 aliphatic rings. The van der Waals surface area contributed by atoms with Crippen LogP contribution in [0.2, 0.25) is 0 Å². The van der Waals surface area contributed by atoms with Gasteiger partial charge >= 0.3 is 5.97 Å². The second-order valence-corrected chi connectivity index (χ2v) is 4.14. The maximum Gasteiger partial charge on any atom is 0.305 e. The molecule has 98 valence electrons. The third kappa shape index (κ3) is 3.30. The van der Waals surface area contributed by atoms with Gasteiger partial charge in [-0.15, -0.1) is 0 Å². The zero-order valence-corrected chi connectivity index (χ0v) is 10.7. The van der Waals surface area contributed by atoms with Crippen LogP contribution in [-0.2, 0) is 4.79 Å². The average molecular weight is 251 g/mol. The number of aliphatic carboxylic acids is 1. The summed E-state index contributed by atoms with van der Waals surface area (Å²) in [6, 6.07) is 6.11. The smallest absolute Gasteiger partial charge is 0.305 e. The minimum absolute atomic E-state index is 0.232. The number of para-hydroxylation sites is 1. The summed E-state index contributed by atoms with van der Waals surface area (Å²) in [6.07, 6.45) is -0.232. The van der Waals surface area contributed by atoms with E-state index in [0.717, 1.165) is 0 Å². The molecule has 0 spiro atoms. The number of nitrogens with zero attached hydrogens (tertiary/aromatic N) is 1. The minimum Gasteiger partial charge on any atom is -0.496 e. The van der Waals surface area contributed by atoms with Gasteiger partial charge in [0.2, 0.25) is 0 Å². The number of carboxylic acid groups (broad SMARTS) is 1. The van der Waals surface area contributed by atoms with E-state index in [9.17, 15) is 9.59 Å². The number of methoxy groups -OCH3 is 1. The van der Waals surface area contributed by atoms with E-state index in [1.807, 2.05) is 0 Å². The van der Waals surface area contributed by atoms with Crippen LogP contribution in [0.3, 0.4) is 0 Å². The zero-order valence-electron chi connectivity index (χ0n) is 10.7. The molecule has 0 aromatic heterocycles. The number of hydrogen-bond donors (Lipinski definition) is 1. The maximum absolute atomic E-state index is 12.3. The van der Waals surface area contributed by atoms with Crippen molar-refractivity contribution in [2.45, 2.75) is 12.5 Å². The lowest BCUT2D eigenvalue weighted by atomic mass is 10.00. The van der Waals surface area contributed by atoms with E-state index in [1.165, 1.54) is 7.11 Å². The molecule has 1 aromatic carbocycles. The highest BCUT2D eigenvalue weighted by Crippen LogP contribution is 2.21. The summed E-state index contributed by atoms with van der Waals surface area (Å²) in [5, 5.41) is 8.84. The summed E-state index contributed by atoms with van der Waals surface area (Å²) in [5.74, 6) is -0.795. The lowest BCUT2D eigenvalue weighted by molar-refractivity contribution is -0.137. The molecule has 1 unspecified atom stereocenters. The first kappa shape index (κ1) is 14.2. The summed E-state index contributed by atoms with van der Waals surface area (Å²) >= 11 is 0. The molecule has 0 aliphatic carbocycles. The zero-order chi connectivity index (χ0) is 13.7. The van der Waals surface area contributed by atoms with Crippen LogP contribution < -0.4 is 4.74 Å². The number of ketones is 1. The van der Waals surface area contributed by atoms with Crippen molar-refractivity contribution in [2.75, 3.05) is 21.2 Å². The van der Waals surface area contributed by atoms with Gasteiger partial charge in [0.25, 0.3) is 0 Å². The minimum atomic E-state index is -1.00. The van der Waals surface area contributed by atoms with Gasteiger partial charge in [0.1, 0.15) is 5.75 Å². The Hall–Kier alpha value is -1.88. The van der Waals surface area contributed by atoms with Crippen molar-refractivity contribution in [1.29, 1.82) is 0 Å². The van der Waals surface area contributed by atoms with E-state index in [2.05, 4.69) is 0 Å². The van der Waals surface area contributed by atoms with Crippen molar-refractivity contribution in [2.24, 2.45) is 0 Å². The van der Waals surface area contributed by atoms with Gasteiger partial charge in [0.05, 0.1) is 25.1 Å². The Morgan fingerprint density at radius 3 is 2.44 bits per heavy atom. The number of carbonyl (C=O) groups excluding carboxylic acids is 1. The predicted octanol–water partition coefficient (Wildman–Crippen LogP) is 1.28. The number of likely N-dealkylation sites (N-methyl/N-ethyl adjacent to an activating group) is 1. The molecule has 0 amide bonds. The molecule has 0 bridgehead atoms. The van der Waals surface area contributed by atoms with E-state index in [4.69, 9.17) is 9.84 Å². The summed E-state index contributed by atoms with van der Waals surface area (Å²) in [5.41, 5.74) is 0.403. The van der Waals surface area contributed by atoms with E-state index < -0.39 is 12.0 Å². The van der Waals surface area contributed by atoms with Gasteiger partial charge in [-0.05, 0) is 26.2 Å². The molecule has 1 rings (SSSR count). The van der Waals surface area contributed by atoms with E-state index >= 15 is 0 Å². The number of benzene rings is 1. The Labute approximate surface area is 106 Å². The third-order valence-electron chi connectivity index (χ3n) is 2.67. The second-order valence-electron chi connectivity index (χ2n) is 4.14.